The number of amides is 2. The van der Waals surface area contributed by atoms with Crippen LogP contribution in [0.1, 0.15) is 36.6 Å². The molecule has 0 radical (unpaired) electrons. The van der Waals surface area contributed by atoms with Crippen LogP contribution in [-0.2, 0) is 48.4 Å². The molecule has 0 spiro atoms. The van der Waals surface area contributed by atoms with E-state index in [2.05, 4.69) is 10.6 Å². The molecule has 5 aromatic rings. The van der Waals surface area contributed by atoms with Gasteiger partial charge in [-0.25, -0.2) is 19.2 Å². The van der Waals surface area contributed by atoms with Gasteiger partial charge in [0.25, 0.3) is 0 Å². The summed E-state index contributed by atoms with van der Waals surface area (Å²) in [6.45, 7) is 0.0595. The standard InChI is InChI=1S/C43H40N2O8S.2H2/c46-40(50-24-30-14-4-1-5-15-30)38(44-42(48)52-26-32-18-8-3-9-19-32)28-54-29-39(41(47)51-25-31-16-6-2-7-17-31)45-43(49)53-27-37-35-22-12-10-20-33(35)34-21-11-13-23-36(34)37;;/h1-23,37-39H,24-29H2,(H,44,48)(H,45,49);2*1H/t38-,39+;;/m0../s1. The average Bonchev–Trinajstić information content (AvgIpc) is 3.54. The molecule has 1 aliphatic carbocycles. The van der Waals surface area contributed by atoms with Crippen LogP contribution < -0.4 is 10.6 Å². The summed E-state index contributed by atoms with van der Waals surface area (Å²) >= 11 is 1.15. The van der Waals surface area contributed by atoms with Crippen LogP contribution in [0.25, 0.3) is 11.1 Å². The van der Waals surface area contributed by atoms with E-state index in [1.54, 1.807) is 0 Å². The molecular weight excluding hydrogens is 705 g/mol. The molecule has 0 fully saturated rings. The van der Waals surface area contributed by atoms with Crippen molar-refractivity contribution in [2.45, 2.75) is 37.8 Å². The molecule has 1 aliphatic rings. The van der Waals surface area contributed by atoms with E-state index in [-0.39, 0.29) is 46.7 Å². The SMILES string of the molecule is O=C(N[C@@H](CSC[C@@H](NC(=O)OCC1c2ccccc2-c2ccccc21)C(=O)OCc1ccccc1)C(=O)OCc1ccccc1)OCc1ccccc1.[HH].[HH]. The minimum absolute atomic E-state index is 0. The van der Waals surface area contributed by atoms with E-state index in [1.165, 1.54) is 0 Å². The van der Waals surface area contributed by atoms with Gasteiger partial charge in [-0.15, -0.1) is 0 Å². The first-order valence-corrected chi connectivity index (χ1v) is 18.7. The van der Waals surface area contributed by atoms with Gasteiger partial charge in [0.15, 0.2) is 0 Å². The highest BCUT2D eigenvalue weighted by Crippen LogP contribution is 2.44. The fourth-order valence-corrected chi connectivity index (χ4v) is 7.04. The number of carbonyl (C=O) groups is 4. The van der Waals surface area contributed by atoms with E-state index in [9.17, 15) is 19.2 Å². The summed E-state index contributed by atoms with van der Waals surface area (Å²) in [5.74, 6) is -1.53. The summed E-state index contributed by atoms with van der Waals surface area (Å²) in [4.78, 5) is 52.8. The van der Waals surface area contributed by atoms with E-state index in [0.29, 0.717) is 0 Å². The normalized spacial score (nSPS) is 12.7. The molecule has 0 saturated heterocycles. The number of hydrogen-bond donors (Lipinski definition) is 2. The van der Waals surface area contributed by atoms with Crippen LogP contribution in [0, 0.1) is 0 Å². The van der Waals surface area contributed by atoms with E-state index in [1.807, 2.05) is 140 Å². The van der Waals surface area contributed by atoms with Crippen molar-refractivity contribution in [3.63, 3.8) is 0 Å². The third kappa shape index (κ3) is 10.5. The molecule has 0 aromatic heterocycles. The van der Waals surface area contributed by atoms with Crippen LogP contribution in [0.4, 0.5) is 9.59 Å². The van der Waals surface area contributed by atoms with Gasteiger partial charge >= 0.3 is 24.1 Å². The second-order valence-electron chi connectivity index (χ2n) is 12.5. The molecular formula is C43H44N2O8S. The van der Waals surface area contributed by atoms with E-state index >= 15 is 0 Å². The van der Waals surface area contributed by atoms with Crippen LogP contribution in [0.5, 0.6) is 0 Å². The lowest BCUT2D eigenvalue weighted by Gasteiger charge is -2.21. The zero-order valence-corrected chi connectivity index (χ0v) is 30.2. The van der Waals surface area contributed by atoms with Gasteiger partial charge in [-0.05, 0) is 38.9 Å². The first-order valence-electron chi connectivity index (χ1n) is 17.5. The molecule has 280 valence electrons. The van der Waals surface area contributed by atoms with E-state index in [4.69, 9.17) is 18.9 Å². The average molecular weight is 749 g/mol. The van der Waals surface area contributed by atoms with Gasteiger partial charge in [0.2, 0.25) is 0 Å². The highest BCUT2D eigenvalue weighted by Gasteiger charge is 2.31. The largest absolute Gasteiger partial charge is 0.459 e. The molecule has 6 rings (SSSR count). The van der Waals surface area contributed by atoms with Gasteiger partial charge in [0, 0.05) is 20.3 Å². The summed E-state index contributed by atoms with van der Waals surface area (Å²) in [7, 11) is 0. The Kier molecular flexibility index (Phi) is 13.4. The second-order valence-corrected chi connectivity index (χ2v) is 13.6. The Labute approximate surface area is 321 Å². The smallest absolute Gasteiger partial charge is 0.408 e. The molecule has 2 amide bonds. The molecule has 10 nitrogen and oxygen atoms in total. The minimum atomic E-state index is -1.14. The van der Waals surface area contributed by atoms with Crippen LogP contribution in [0.2, 0.25) is 0 Å². The predicted octanol–water partition coefficient (Wildman–Crippen LogP) is 7.90. The Morgan fingerprint density at radius 1 is 0.500 bits per heavy atom. The van der Waals surface area contributed by atoms with Crippen molar-refractivity contribution in [2.75, 3.05) is 18.1 Å². The summed E-state index contributed by atoms with van der Waals surface area (Å²) in [6, 6.07) is 41.2. The maximum absolute atomic E-state index is 13.4. The fraction of sp³-hybridized carbons (Fsp3) is 0.209. The Morgan fingerprint density at radius 3 is 1.31 bits per heavy atom. The highest BCUT2D eigenvalue weighted by atomic mass is 32.2. The van der Waals surface area contributed by atoms with E-state index in [0.717, 1.165) is 50.7 Å². The molecule has 2 N–H and O–H groups in total. The lowest BCUT2D eigenvalue weighted by Crippen LogP contribution is -2.46. The number of thioether (sulfide) groups is 1. The quantitative estimate of drug-likeness (QED) is 0.0765. The van der Waals surface area contributed by atoms with Gasteiger partial charge in [-0.2, -0.15) is 11.8 Å². The van der Waals surface area contributed by atoms with Gasteiger partial charge in [-0.3, -0.25) is 0 Å². The molecule has 0 bridgehead atoms. The maximum Gasteiger partial charge on any atom is 0.408 e. The first kappa shape index (κ1) is 37.7. The number of fused-ring (bicyclic) bond motifs is 3. The lowest BCUT2D eigenvalue weighted by atomic mass is 9.98. The molecule has 54 heavy (non-hydrogen) atoms. The maximum atomic E-state index is 13.4. The number of ether oxygens (including phenoxy) is 4. The number of rotatable bonds is 16. The molecule has 11 heteroatoms. The topological polar surface area (TPSA) is 129 Å². The third-order valence-corrected chi connectivity index (χ3v) is 9.86. The van der Waals surface area contributed by atoms with E-state index < -0.39 is 36.2 Å². The molecule has 0 saturated carbocycles. The summed E-state index contributed by atoms with van der Waals surface area (Å²) < 4.78 is 22.2. The Morgan fingerprint density at radius 2 is 0.870 bits per heavy atom. The van der Waals surface area contributed by atoms with Crippen molar-refractivity contribution in [2.24, 2.45) is 0 Å². The summed E-state index contributed by atoms with van der Waals surface area (Å²) in [5.41, 5.74) is 6.63. The molecule has 5 aromatic carbocycles. The van der Waals surface area contributed by atoms with Crippen molar-refractivity contribution in [1.29, 1.82) is 0 Å². The Bertz CT molecular complexity index is 1980. The first-order chi connectivity index (χ1) is 26.4. The van der Waals surface area contributed by atoms with Crippen LogP contribution in [0.3, 0.4) is 0 Å². The number of nitrogens with one attached hydrogen (secondary N) is 2. The molecule has 2 atom stereocenters. The van der Waals surface area contributed by atoms with Gasteiger partial charge in [0.1, 0.15) is 38.5 Å². The Hall–Kier alpha value is -6.07. The van der Waals surface area contributed by atoms with Crippen molar-refractivity contribution in [3.8, 4) is 11.1 Å². The van der Waals surface area contributed by atoms with Crippen LogP contribution in [-0.4, -0.2) is 54.3 Å². The van der Waals surface area contributed by atoms with Crippen LogP contribution >= 0.6 is 11.8 Å². The van der Waals surface area contributed by atoms with Crippen molar-refractivity contribution in [1.82, 2.24) is 10.6 Å². The number of alkyl carbamates (subject to hydrolysis) is 2. The van der Waals surface area contributed by atoms with Crippen molar-refractivity contribution in [3.05, 3.63) is 167 Å². The van der Waals surface area contributed by atoms with Crippen molar-refractivity contribution < 1.29 is 41.0 Å². The lowest BCUT2D eigenvalue weighted by molar-refractivity contribution is -0.147. The molecule has 0 heterocycles. The summed E-state index contributed by atoms with van der Waals surface area (Å²) in [5, 5.41) is 5.27. The minimum Gasteiger partial charge on any atom is -0.459 e. The highest BCUT2D eigenvalue weighted by molar-refractivity contribution is 7.99. The monoisotopic (exact) mass is 748 g/mol. The number of esters is 2. The van der Waals surface area contributed by atoms with Gasteiger partial charge in [-0.1, -0.05) is 140 Å². The second kappa shape index (κ2) is 19.1. The molecule has 0 aliphatic heterocycles. The summed E-state index contributed by atoms with van der Waals surface area (Å²) in [6.07, 6.45) is -1.60. The number of hydrogen-bond acceptors (Lipinski definition) is 9. The third-order valence-electron chi connectivity index (χ3n) is 8.73. The molecule has 0 unspecified atom stereocenters. The number of benzene rings is 5. The van der Waals surface area contributed by atoms with Gasteiger partial charge in [0.05, 0.1) is 0 Å². The van der Waals surface area contributed by atoms with Crippen LogP contribution in [0.15, 0.2) is 140 Å². The Balaban J connectivity index is 0.00000348. The van der Waals surface area contributed by atoms with Gasteiger partial charge < -0.3 is 29.6 Å². The zero-order chi connectivity index (χ0) is 37.5. The van der Waals surface area contributed by atoms with Crippen molar-refractivity contribution >= 4 is 35.9 Å². The predicted molar refractivity (Wildman–Crippen MR) is 210 cm³/mol. The zero-order valence-electron chi connectivity index (χ0n) is 29.4. The fourth-order valence-electron chi connectivity index (χ4n) is 5.99. The number of carbonyl (C=O) groups excluding carboxylic acids is 4.